The van der Waals surface area contributed by atoms with Gasteiger partial charge in [-0.1, -0.05) is 12.1 Å². The zero-order valence-corrected chi connectivity index (χ0v) is 13.6. The number of H-pyrrole nitrogens is 1. The first-order valence-corrected chi connectivity index (χ1v) is 7.92. The highest BCUT2D eigenvalue weighted by molar-refractivity contribution is 5.80. The number of fused-ring (bicyclic) bond motifs is 1. The molecular weight excluding hydrogens is 307 g/mol. The number of hydrogen-bond donors (Lipinski definition) is 2. The van der Waals surface area contributed by atoms with Gasteiger partial charge in [0.25, 0.3) is 0 Å². The highest BCUT2D eigenvalue weighted by atomic mass is 19.1. The number of nitrogens with one attached hydrogen (secondary N) is 1. The van der Waals surface area contributed by atoms with Crippen molar-refractivity contribution in [1.29, 1.82) is 0 Å². The van der Waals surface area contributed by atoms with Gasteiger partial charge in [-0.3, -0.25) is 4.90 Å². The molecule has 1 heterocycles. The van der Waals surface area contributed by atoms with Gasteiger partial charge in [0.1, 0.15) is 18.2 Å². The molecule has 0 bridgehead atoms. The van der Waals surface area contributed by atoms with E-state index in [0.29, 0.717) is 6.61 Å². The molecule has 0 atom stereocenters. The number of aromatic amines is 1. The molecule has 3 aromatic rings. The molecule has 2 aromatic carbocycles. The molecule has 24 heavy (non-hydrogen) atoms. The van der Waals surface area contributed by atoms with Crippen LogP contribution in [0.4, 0.5) is 4.39 Å². The molecule has 0 amide bonds. The van der Waals surface area contributed by atoms with E-state index in [4.69, 9.17) is 9.84 Å². The second kappa shape index (κ2) is 7.47. The lowest BCUT2D eigenvalue weighted by Crippen LogP contribution is -2.17. The van der Waals surface area contributed by atoms with Crippen molar-refractivity contribution in [2.24, 2.45) is 0 Å². The maximum atomic E-state index is 13.3. The number of benzene rings is 2. The number of aliphatic hydroxyl groups is 1. The molecule has 2 N–H and O–H groups in total. The maximum absolute atomic E-state index is 13.3. The molecule has 0 fully saturated rings. The minimum Gasteiger partial charge on any atom is -0.491 e. The fourth-order valence-electron chi connectivity index (χ4n) is 2.76. The zero-order valence-electron chi connectivity index (χ0n) is 13.6. The highest BCUT2D eigenvalue weighted by Gasteiger charge is 2.06. The smallest absolute Gasteiger partial charge is 0.123 e. The summed E-state index contributed by atoms with van der Waals surface area (Å²) in [5.74, 6) is 0.540. The maximum Gasteiger partial charge on any atom is 0.123 e. The Kier molecular flexibility index (Phi) is 5.13. The molecular formula is C19H21FN2O2. The van der Waals surface area contributed by atoms with Crippen LogP contribution in [0.2, 0.25) is 0 Å². The van der Waals surface area contributed by atoms with Crippen LogP contribution in [-0.2, 0) is 13.1 Å². The van der Waals surface area contributed by atoms with Gasteiger partial charge in [0, 0.05) is 29.7 Å². The molecule has 3 rings (SSSR count). The van der Waals surface area contributed by atoms with Crippen molar-refractivity contribution in [3.8, 4) is 5.75 Å². The van der Waals surface area contributed by atoms with Crippen molar-refractivity contribution in [1.82, 2.24) is 9.88 Å². The normalized spacial score (nSPS) is 11.3. The lowest BCUT2D eigenvalue weighted by molar-refractivity contribution is 0.201. The lowest BCUT2D eigenvalue weighted by Gasteiger charge is -2.16. The van der Waals surface area contributed by atoms with Crippen molar-refractivity contribution >= 4 is 10.9 Å². The summed E-state index contributed by atoms with van der Waals surface area (Å²) in [7, 11) is 2.04. The van der Waals surface area contributed by atoms with Crippen molar-refractivity contribution in [2.75, 3.05) is 20.3 Å². The van der Waals surface area contributed by atoms with Crippen LogP contribution in [-0.4, -0.2) is 35.3 Å². The summed E-state index contributed by atoms with van der Waals surface area (Å²) in [5, 5.41) is 9.65. The van der Waals surface area contributed by atoms with Gasteiger partial charge < -0.3 is 14.8 Å². The van der Waals surface area contributed by atoms with Gasteiger partial charge >= 0.3 is 0 Å². The zero-order chi connectivity index (χ0) is 16.9. The van der Waals surface area contributed by atoms with Crippen LogP contribution in [0.5, 0.6) is 5.75 Å². The second-order valence-corrected chi connectivity index (χ2v) is 5.91. The number of rotatable bonds is 7. The van der Waals surface area contributed by atoms with Crippen molar-refractivity contribution in [3.63, 3.8) is 0 Å². The summed E-state index contributed by atoms with van der Waals surface area (Å²) >= 11 is 0. The average Bonchev–Trinajstić information content (AvgIpc) is 2.95. The van der Waals surface area contributed by atoms with E-state index in [1.54, 1.807) is 12.1 Å². The Balaban J connectivity index is 1.60. The Morgan fingerprint density at radius 3 is 2.62 bits per heavy atom. The first kappa shape index (κ1) is 16.5. The summed E-state index contributed by atoms with van der Waals surface area (Å²) < 4.78 is 18.6. The van der Waals surface area contributed by atoms with Gasteiger partial charge in [0.2, 0.25) is 0 Å². The quantitative estimate of drug-likeness (QED) is 0.699. The summed E-state index contributed by atoms with van der Waals surface area (Å²) in [6, 6.07) is 14.6. The molecule has 126 valence electrons. The second-order valence-electron chi connectivity index (χ2n) is 5.91. The minimum absolute atomic E-state index is 0.0128. The Hall–Kier alpha value is -2.37. The van der Waals surface area contributed by atoms with Crippen LogP contribution >= 0.6 is 0 Å². The van der Waals surface area contributed by atoms with Gasteiger partial charge in [-0.25, -0.2) is 4.39 Å². The molecule has 5 heteroatoms. The summed E-state index contributed by atoms with van der Waals surface area (Å²) in [5.41, 5.74) is 3.18. The minimum atomic E-state index is -0.218. The number of aliphatic hydroxyl groups excluding tert-OH is 1. The molecule has 0 spiro atoms. The highest BCUT2D eigenvalue weighted by Crippen LogP contribution is 2.18. The molecule has 0 unspecified atom stereocenters. The summed E-state index contributed by atoms with van der Waals surface area (Å²) in [4.78, 5) is 5.50. The Morgan fingerprint density at radius 2 is 1.88 bits per heavy atom. The van der Waals surface area contributed by atoms with E-state index >= 15 is 0 Å². The topological polar surface area (TPSA) is 48.5 Å². The van der Waals surface area contributed by atoms with E-state index in [2.05, 4.69) is 9.88 Å². The largest absolute Gasteiger partial charge is 0.491 e. The molecule has 0 aliphatic carbocycles. The monoisotopic (exact) mass is 328 g/mol. The average molecular weight is 328 g/mol. The molecule has 0 saturated heterocycles. The molecule has 0 saturated carbocycles. The number of ether oxygens (including phenoxy) is 1. The van der Waals surface area contributed by atoms with E-state index in [1.807, 2.05) is 37.4 Å². The van der Waals surface area contributed by atoms with Crippen LogP contribution in [0.1, 0.15) is 11.3 Å². The van der Waals surface area contributed by atoms with Gasteiger partial charge in [0.05, 0.1) is 6.61 Å². The molecule has 0 aliphatic heterocycles. The Morgan fingerprint density at radius 1 is 1.08 bits per heavy atom. The number of nitrogens with zero attached hydrogens (tertiary/aromatic N) is 1. The van der Waals surface area contributed by atoms with Gasteiger partial charge in [-0.05, 0) is 49.0 Å². The predicted molar refractivity (Wildman–Crippen MR) is 92.5 cm³/mol. The third-order valence-corrected chi connectivity index (χ3v) is 3.81. The lowest BCUT2D eigenvalue weighted by atomic mass is 10.2. The van der Waals surface area contributed by atoms with E-state index in [1.165, 1.54) is 11.6 Å². The molecule has 1 aromatic heterocycles. The standard InChI is InChI=1S/C19H21FN2O2/c1-22(12-14-2-5-18(6-3-14)24-9-8-23)13-17-11-15-10-16(20)4-7-19(15)21-17/h2-7,10-11,21,23H,8-9,12-13H2,1H3. The predicted octanol–water partition coefficient (Wildman–Crippen LogP) is 3.31. The number of halogens is 1. The third-order valence-electron chi connectivity index (χ3n) is 3.81. The first-order valence-electron chi connectivity index (χ1n) is 7.92. The van der Waals surface area contributed by atoms with E-state index in [9.17, 15) is 4.39 Å². The van der Waals surface area contributed by atoms with Crippen LogP contribution < -0.4 is 4.74 Å². The van der Waals surface area contributed by atoms with Crippen LogP contribution in [0.3, 0.4) is 0 Å². The molecule has 0 radical (unpaired) electrons. The molecule has 4 nitrogen and oxygen atoms in total. The van der Waals surface area contributed by atoms with Crippen LogP contribution in [0.15, 0.2) is 48.5 Å². The van der Waals surface area contributed by atoms with Crippen molar-refractivity contribution in [2.45, 2.75) is 13.1 Å². The summed E-state index contributed by atoms with van der Waals surface area (Å²) in [6.07, 6.45) is 0. The SMILES string of the molecule is CN(Cc1ccc(OCCO)cc1)Cc1cc2cc(F)ccc2[nH]1. The van der Waals surface area contributed by atoms with Crippen molar-refractivity contribution in [3.05, 3.63) is 65.6 Å². The fourth-order valence-corrected chi connectivity index (χ4v) is 2.76. The Labute approximate surface area is 140 Å². The summed E-state index contributed by atoms with van der Waals surface area (Å²) in [6.45, 7) is 1.86. The molecule has 0 aliphatic rings. The van der Waals surface area contributed by atoms with Gasteiger partial charge in [-0.2, -0.15) is 0 Å². The van der Waals surface area contributed by atoms with Crippen LogP contribution in [0, 0.1) is 5.82 Å². The first-order chi connectivity index (χ1) is 11.6. The van der Waals surface area contributed by atoms with Crippen LogP contribution in [0.25, 0.3) is 10.9 Å². The number of hydrogen-bond acceptors (Lipinski definition) is 3. The fraction of sp³-hybridized carbons (Fsp3) is 0.263. The van der Waals surface area contributed by atoms with Gasteiger partial charge in [-0.15, -0.1) is 0 Å². The van der Waals surface area contributed by atoms with Crippen molar-refractivity contribution < 1.29 is 14.2 Å². The van der Waals surface area contributed by atoms with E-state index < -0.39 is 0 Å². The van der Waals surface area contributed by atoms with Gasteiger partial charge in [0.15, 0.2) is 0 Å². The van der Waals surface area contributed by atoms with E-state index in [0.717, 1.165) is 35.4 Å². The third kappa shape index (κ3) is 4.13. The Bertz CT molecular complexity index is 799. The number of aromatic nitrogens is 1. The van der Waals surface area contributed by atoms with E-state index in [-0.39, 0.29) is 12.4 Å².